The van der Waals surface area contributed by atoms with E-state index in [0.29, 0.717) is 12.8 Å². The van der Waals surface area contributed by atoms with Crippen LogP contribution < -0.4 is 0 Å². The molecule has 1 N–H and O–H groups in total. The molecule has 0 aromatic carbocycles. The van der Waals surface area contributed by atoms with Crippen LogP contribution in [-0.2, 0) is 19.1 Å². The third kappa shape index (κ3) is 38.5. The van der Waals surface area contributed by atoms with Crippen LogP contribution >= 0.6 is 0 Å². The molecule has 0 aliphatic heterocycles. The van der Waals surface area contributed by atoms with Gasteiger partial charge in [-0.3, -0.25) is 9.59 Å². The van der Waals surface area contributed by atoms with E-state index in [9.17, 15) is 14.7 Å². The van der Waals surface area contributed by atoms with Crippen LogP contribution in [0.4, 0.5) is 0 Å². The minimum absolute atomic E-state index is 0.0702. The fourth-order valence-corrected chi connectivity index (χ4v) is 5.78. The highest BCUT2D eigenvalue weighted by atomic mass is 16.6. The Bertz CT molecular complexity index is 827. The summed E-state index contributed by atoms with van der Waals surface area (Å²) >= 11 is 0. The van der Waals surface area contributed by atoms with Gasteiger partial charge in [-0.15, -0.1) is 0 Å². The van der Waals surface area contributed by atoms with Crippen molar-refractivity contribution in [3.63, 3.8) is 0 Å². The number of ether oxygens (including phenoxy) is 2. The van der Waals surface area contributed by atoms with Gasteiger partial charge in [0.2, 0.25) is 0 Å². The van der Waals surface area contributed by atoms with Gasteiger partial charge >= 0.3 is 11.9 Å². The summed E-state index contributed by atoms with van der Waals surface area (Å²) in [5.41, 5.74) is 0. The topological polar surface area (TPSA) is 72.8 Å². The summed E-state index contributed by atoms with van der Waals surface area (Å²) in [5, 5.41) is 9.57. The third-order valence-corrected chi connectivity index (χ3v) is 8.89. The lowest BCUT2D eigenvalue weighted by molar-refractivity contribution is -0.161. The summed E-state index contributed by atoms with van der Waals surface area (Å²) in [6, 6.07) is 0. The molecule has 0 rings (SSSR count). The SMILES string of the molecule is CC/C=C\C/C=C\C/C=C\C/C=C\CCCCCCCCC(=O)OC(CO)COC(=O)CCCCCCCCCCCCCCCCCC. The Labute approximate surface area is 303 Å². The van der Waals surface area contributed by atoms with E-state index in [1.165, 1.54) is 103 Å². The van der Waals surface area contributed by atoms with Crippen molar-refractivity contribution in [1.29, 1.82) is 0 Å². The molecule has 0 saturated heterocycles. The van der Waals surface area contributed by atoms with Gasteiger partial charge in [-0.1, -0.05) is 184 Å². The Morgan fingerprint density at radius 2 is 0.878 bits per heavy atom. The predicted molar refractivity (Wildman–Crippen MR) is 210 cm³/mol. The summed E-state index contributed by atoms with van der Waals surface area (Å²) in [5.74, 6) is -0.603. The molecular formula is C44H78O5. The quantitative estimate of drug-likeness (QED) is 0.0400. The van der Waals surface area contributed by atoms with Gasteiger partial charge in [0, 0.05) is 12.8 Å². The Hall–Kier alpha value is -2.14. The summed E-state index contributed by atoms with van der Waals surface area (Å²) in [6.07, 6.45) is 50.3. The number of allylic oxidation sites excluding steroid dienone is 8. The van der Waals surface area contributed by atoms with Gasteiger partial charge in [0.15, 0.2) is 6.10 Å². The van der Waals surface area contributed by atoms with Crippen LogP contribution in [0.15, 0.2) is 48.6 Å². The minimum atomic E-state index is -0.777. The molecule has 0 amide bonds. The van der Waals surface area contributed by atoms with Crippen molar-refractivity contribution in [2.75, 3.05) is 13.2 Å². The van der Waals surface area contributed by atoms with Crippen molar-refractivity contribution in [3.05, 3.63) is 48.6 Å². The molecule has 0 radical (unpaired) electrons. The average Bonchev–Trinajstić information content (AvgIpc) is 3.10. The summed E-state index contributed by atoms with van der Waals surface area (Å²) in [6.45, 7) is 4.02. The normalized spacial score (nSPS) is 12.6. The number of aliphatic hydroxyl groups is 1. The zero-order chi connectivity index (χ0) is 35.7. The maximum Gasteiger partial charge on any atom is 0.306 e. The minimum Gasteiger partial charge on any atom is -0.462 e. The molecule has 0 aromatic heterocycles. The van der Waals surface area contributed by atoms with E-state index in [0.717, 1.165) is 70.6 Å². The van der Waals surface area contributed by atoms with Crippen molar-refractivity contribution in [3.8, 4) is 0 Å². The number of carbonyl (C=O) groups is 2. The first-order valence-electron chi connectivity index (χ1n) is 20.7. The Kier molecular flexibility index (Phi) is 38.5. The van der Waals surface area contributed by atoms with Crippen LogP contribution in [0.5, 0.6) is 0 Å². The van der Waals surface area contributed by atoms with E-state index >= 15 is 0 Å². The Morgan fingerprint density at radius 3 is 1.33 bits per heavy atom. The maximum absolute atomic E-state index is 12.2. The lowest BCUT2D eigenvalue weighted by atomic mass is 10.0. The molecule has 0 aliphatic carbocycles. The standard InChI is InChI=1S/C44H78O5/c1-3-5-7-9-11-13-15-17-19-21-22-23-25-27-29-31-33-35-37-39-44(47)49-42(40-45)41-48-43(46)38-36-34-32-30-28-26-24-20-18-16-14-12-10-8-6-4-2/h5,7,11,13,17,19,22-23,42,45H,3-4,6,8-10,12,14-16,18,20-21,24-41H2,1-2H3/b7-5-,13-11-,19-17-,23-22-. The summed E-state index contributed by atoms with van der Waals surface area (Å²) in [7, 11) is 0. The van der Waals surface area contributed by atoms with Gasteiger partial charge in [0.1, 0.15) is 6.61 Å². The first kappa shape index (κ1) is 46.9. The molecule has 5 nitrogen and oxygen atoms in total. The monoisotopic (exact) mass is 687 g/mol. The number of hydrogen-bond acceptors (Lipinski definition) is 5. The van der Waals surface area contributed by atoms with Crippen LogP contribution in [-0.4, -0.2) is 36.4 Å². The number of rotatable bonds is 37. The van der Waals surface area contributed by atoms with Crippen molar-refractivity contribution in [2.45, 2.75) is 206 Å². The van der Waals surface area contributed by atoms with E-state index in [4.69, 9.17) is 9.47 Å². The van der Waals surface area contributed by atoms with Gasteiger partial charge in [0.25, 0.3) is 0 Å². The predicted octanol–water partition coefficient (Wildman–Crippen LogP) is 13.0. The number of aliphatic hydroxyl groups excluding tert-OH is 1. The van der Waals surface area contributed by atoms with Gasteiger partial charge in [-0.05, 0) is 51.4 Å². The number of carbonyl (C=O) groups excluding carboxylic acids is 2. The molecule has 0 aliphatic rings. The van der Waals surface area contributed by atoms with E-state index in [1.54, 1.807) is 0 Å². The van der Waals surface area contributed by atoms with E-state index in [-0.39, 0.29) is 25.2 Å². The van der Waals surface area contributed by atoms with Crippen LogP contribution in [0.3, 0.4) is 0 Å². The third-order valence-electron chi connectivity index (χ3n) is 8.89. The van der Waals surface area contributed by atoms with Crippen molar-refractivity contribution in [2.24, 2.45) is 0 Å². The molecule has 0 bridgehead atoms. The molecule has 0 heterocycles. The van der Waals surface area contributed by atoms with Gasteiger partial charge in [-0.2, -0.15) is 0 Å². The largest absolute Gasteiger partial charge is 0.462 e. The summed E-state index contributed by atoms with van der Waals surface area (Å²) in [4.78, 5) is 24.3. The smallest absolute Gasteiger partial charge is 0.306 e. The molecular weight excluding hydrogens is 608 g/mol. The van der Waals surface area contributed by atoms with Crippen LogP contribution in [0, 0.1) is 0 Å². The molecule has 1 atom stereocenters. The fraction of sp³-hybridized carbons (Fsp3) is 0.773. The van der Waals surface area contributed by atoms with Gasteiger partial charge < -0.3 is 14.6 Å². The van der Waals surface area contributed by atoms with E-state index in [1.807, 2.05) is 0 Å². The highest BCUT2D eigenvalue weighted by molar-refractivity contribution is 5.70. The zero-order valence-electron chi connectivity index (χ0n) is 32.2. The molecule has 49 heavy (non-hydrogen) atoms. The second-order valence-corrected chi connectivity index (χ2v) is 13.7. The number of hydrogen-bond donors (Lipinski definition) is 1. The van der Waals surface area contributed by atoms with Crippen LogP contribution in [0.1, 0.15) is 200 Å². The Morgan fingerprint density at radius 1 is 0.490 bits per heavy atom. The average molecular weight is 687 g/mol. The highest BCUT2D eigenvalue weighted by Gasteiger charge is 2.16. The molecule has 0 fully saturated rings. The first-order valence-corrected chi connectivity index (χ1v) is 20.7. The lowest BCUT2D eigenvalue weighted by Gasteiger charge is -2.15. The van der Waals surface area contributed by atoms with Crippen LogP contribution in [0.25, 0.3) is 0 Å². The molecule has 1 unspecified atom stereocenters. The molecule has 0 aromatic rings. The van der Waals surface area contributed by atoms with Crippen molar-refractivity contribution >= 4 is 11.9 Å². The molecule has 5 heteroatoms. The van der Waals surface area contributed by atoms with E-state index in [2.05, 4.69) is 62.5 Å². The second-order valence-electron chi connectivity index (χ2n) is 13.7. The maximum atomic E-state index is 12.2. The van der Waals surface area contributed by atoms with Crippen LogP contribution in [0.2, 0.25) is 0 Å². The highest BCUT2D eigenvalue weighted by Crippen LogP contribution is 2.15. The fourth-order valence-electron chi connectivity index (χ4n) is 5.78. The lowest BCUT2D eigenvalue weighted by Crippen LogP contribution is -2.28. The van der Waals surface area contributed by atoms with Gasteiger partial charge in [-0.25, -0.2) is 0 Å². The first-order chi connectivity index (χ1) is 24.1. The Balaban J connectivity index is 3.57. The molecule has 0 saturated carbocycles. The van der Waals surface area contributed by atoms with Gasteiger partial charge in [0.05, 0.1) is 6.61 Å². The number of unbranched alkanes of at least 4 members (excludes halogenated alkanes) is 21. The molecule has 0 spiro atoms. The second kappa shape index (κ2) is 40.3. The zero-order valence-corrected chi connectivity index (χ0v) is 32.2. The van der Waals surface area contributed by atoms with Crippen molar-refractivity contribution < 1.29 is 24.2 Å². The summed E-state index contributed by atoms with van der Waals surface area (Å²) < 4.78 is 10.6. The van der Waals surface area contributed by atoms with E-state index < -0.39 is 6.10 Å². The number of esters is 2. The van der Waals surface area contributed by atoms with Crippen molar-refractivity contribution in [1.82, 2.24) is 0 Å². The molecule has 284 valence electrons.